The van der Waals surface area contributed by atoms with Gasteiger partial charge in [0.05, 0.1) is 24.8 Å². The molecule has 0 bridgehead atoms. The van der Waals surface area contributed by atoms with E-state index in [1.807, 2.05) is 11.4 Å². The van der Waals surface area contributed by atoms with Gasteiger partial charge in [-0.25, -0.2) is 4.39 Å². The first-order valence-corrected chi connectivity index (χ1v) is 8.99. The minimum Gasteiger partial charge on any atom is -0.379 e. The number of rotatable bonds is 5. The van der Waals surface area contributed by atoms with Crippen molar-refractivity contribution in [2.75, 3.05) is 32.8 Å². The summed E-state index contributed by atoms with van der Waals surface area (Å²) in [6.07, 6.45) is 0. The van der Waals surface area contributed by atoms with Crippen LogP contribution in [-0.2, 0) is 4.74 Å². The Labute approximate surface area is 149 Å². The van der Waals surface area contributed by atoms with Gasteiger partial charge in [0, 0.05) is 29.5 Å². The molecule has 2 heterocycles. The summed E-state index contributed by atoms with van der Waals surface area (Å²) in [6, 6.07) is 8.08. The highest BCUT2D eigenvalue weighted by molar-refractivity contribution is 7.10. The molecule has 3 rings (SSSR count). The molecule has 1 aliphatic rings. The number of nitrogens with one attached hydrogen (secondary N) is 1. The minimum absolute atomic E-state index is 0.0330. The molecule has 1 aromatic heterocycles. The van der Waals surface area contributed by atoms with Crippen molar-refractivity contribution in [3.63, 3.8) is 0 Å². The van der Waals surface area contributed by atoms with Gasteiger partial charge in [0.1, 0.15) is 5.82 Å². The smallest absolute Gasteiger partial charge is 0.254 e. The molecule has 0 spiro atoms. The monoisotopic (exact) mass is 368 g/mol. The fraction of sp³-hybridized carbons (Fsp3) is 0.353. The predicted octanol–water partition coefficient (Wildman–Crippen LogP) is 3.34. The summed E-state index contributed by atoms with van der Waals surface area (Å²) < 4.78 is 19.2. The van der Waals surface area contributed by atoms with Gasteiger partial charge in [0.25, 0.3) is 5.91 Å². The molecule has 1 N–H and O–H groups in total. The Kier molecular flexibility index (Phi) is 5.84. The molecular weight excluding hydrogens is 351 g/mol. The largest absolute Gasteiger partial charge is 0.379 e. The van der Waals surface area contributed by atoms with Gasteiger partial charge >= 0.3 is 0 Å². The quantitative estimate of drug-likeness (QED) is 0.880. The summed E-state index contributed by atoms with van der Waals surface area (Å²) >= 11 is 7.51. The first-order valence-electron chi connectivity index (χ1n) is 7.73. The van der Waals surface area contributed by atoms with Crippen LogP contribution in [-0.4, -0.2) is 43.7 Å². The summed E-state index contributed by atoms with van der Waals surface area (Å²) in [6.45, 7) is 3.39. The summed E-state index contributed by atoms with van der Waals surface area (Å²) in [4.78, 5) is 15.8. The minimum atomic E-state index is -0.573. The number of hydrogen-bond donors (Lipinski definition) is 1. The average molecular weight is 369 g/mol. The zero-order valence-corrected chi connectivity index (χ0v) is 14.6. The van der Waals surface area contributed by atoms with Gasteiger partial charge in [0.15, 0.2) is 0 Å². The third-order valence-corrected chi connectivity index (χ3v) is 5.20. The summed E-state index contributed by atoms with van der Waals surface area (Å²) in [5.74, 6) is -1.03. The molecule has 128 valence electrons. The second-order valence-corrected chi connectivity index (χ2v) is 6.93. The first kappa shape index (κ1) is 17.4. The first-order chi connectivity index (χ1) is 11.6. The zero-order valence-electron chi connectivity index (χ0n) is 13.0. The van der Waals surface area contributed by atoms with E-state index in [-0.39, 0.29) is 11.6 Å². The highest BCUT2D eigenvalue weighted by Crippen LogP contribution is 2.25. The number of amides is 1. The molecule has 4 nitrogen and oxygen atoms in total. The van der Waals surface area contributed by atoms with Gasteiger partial charge in [-0.3, -0.25) is 9.69 Å². The van der Waals surface area contributed by atoms with Crippen molar-refractivity contribution in [3.8, 4) is 0 Å². The molecule has 1 aliphatic heterocycles. The summed E-state index contributed by atoms with van der Waals surface area (Å²) in [5, 5.41) is 5.19. The summed E-state index contributed by atoms with van der Waals surface area (Å²) in [5.41, 5.74) is -0.0330. The summed E-state index contributed by atoms with van der Waals surface area (Å²) in [7, 11) is 0. The van der Waals surface area contributed by atoms with Gasteiger partial charge in [-0.15, -0.1) is 11.3 Å². The van der Waals surface area contributed by atoms with E-state index in [0.29, 0.717) is 24.8 Å². The number of carbonyl (C=O) groups excluding carboxylic acids is 1. The highest BCUT2D eigenvalue weighted by Gasteiger charge is 2.24. The standard InChI is InChI=1S/C17H18ClFN2O2S/c18-12-3-4-14(19)13(10-12)17(22)20-11-15(16-2-1-9-24-16)21-5-7-23-8-6-21/h1-4,9-10,15H,5-8,11H2,(H,20,22)/t15-/m0/s1. The Morgan fingerprint density at radius 1 is 1.38 bits per heavy atom. The van der Waals surface area contributed by atoms with Crippen molar-refractivity contribution in [1.29, 1.82) is 0 Å². The van der Waals surface area contributed by atoms with E-state index in [4.69, 9.17) is 16.3 Å². The van der Waals surface area contributed by atoms with Crippen LogP contribution in [0.25, 0.3) is 0 Å². The Hall–Kier alpha value is -1.47. The van der Waals surface area contributed by atoms with Gasteiger partial charge in [0.2, 0.25) is 0 Å². The Morgan fingerprint density at radius 3 is 2.88 bits per heavy atom. The van der Waals surface area contributed by atoms with Crippen LogP contribution in [0.15, 0.2) is 35.7 Å². The van der Waals surface area contributed by atoms with E-state index in [2.05, 4.69) is 16.3 Å². The number of ether oxygens (including phenoxy) is 1. The predicted molar refractivity (Wildman–Crippen MR) is 93.2 cm³/mol. The molecule has 0 aliphatic carbocycles. The molecule has 1 fully saturated rings. The topological polar surface area (TPSA) is 41.6 Å². The highest BCUT2D eigenvalue weighted by atomic mass is 35.5. The number of morpholine rings is 1. The molecule has 1 saturated heterocycles. The lowest BCUT2D eigenvalue weighted by atomic mass is 10.1. The molecule has 7 heteroatoms. The maximum atomic E-state index is 13.8. The fourth-order valence-corrected chi connectivity index (χ4v) is 3.77. The van der Waals surface area contributed by atoms with Crippen LogP contribution in [0.2, 0.25) is 5.02 Å². The maximum Gasteiger partial charge on any atom is 0.254 e. The fourth-order valence-electron chi connectivity index (χ4n) is 2.74. The van der Waals surface area contributed by atoms with E-state index < -0.39 is 11.7 Å². The normalized spacial score (nSPS) is 16.8. The third-order valence-electron chi connectivity index (χ3n) is 3.99. The molecule has 1 atom stereocenters. The van der Waals surface area contributed by atoms with Crippen LogP contribution in [0.4, 0.5) is 4.39 Å². The lowest BCUT2D eigenvalue weighted by Gasteiger charge is -2.34. The van der Waals surface area contributed by atoms with Crippen LogP contribution < -0.4 is 5.32 Å². The Bertz CT molecular complexity index is 690. The number of hydrogen-bond acceptors (Lipinski definition) is 4. The van der Waals surface area contributed by atoms with Gasteiger partial charge in [-0.05, 0) is 29.6 Å². The molecular formula is C17H18ClFN2O2S. The van der Waals surface area contributed by atoms with E-state index >= 15 is 0 Å². The van der Waals surface area contributed by atoms with Crippen LogP contribution in [0.3, 0.4) is 0 Å². The lowest BCUT2D eigenvalue weighted by molar-refractivity contribution is 0.0169. The average Bonchev–Trinajstić information content (AvgIpc) is 3.12. The number of halogens is 2. The van der Waals surface area contributed by atoms with Crippen molar-refractivity contribution < 1.29 is 13.9 Å². The van der Waals surface area contributed by atoms with E-state index in [9.17, 15) is 9.18 Å². The van der Waals surface area contributed by atoms with Crippen molar-refractivity contribution >= 4 is 28.8 Å². The molecule has 0 radical (unpaired) electrons. The van der Waals surface area contributed by atoms with Gasteiger partial charge in [-0.1, -0.05) is 17.7 Å². The SMILES string of the molecule is O=C(NC[C@@H](c1cccs1)N1CCOCC1)c1cc(Cl)ccc1F. The number of thiophene rings is 1. The van der Waals surface area contributed by atoms with Crippen molar-refractivity contribution in [2.24, 2.45) is 0 Å². The van der Waals surface area contributed by atoms with Crippen LogP contribution in [0.1, 0.15) is 21.3 Å². The number of nitrogens with zero attached hydrogens (tertiary/aromatic N) is 1. The third kappa shape index (κ3) is 4.13. The second kappa shape index (κ2) is 8.07. The maximum absolute atomic E-state index is 13.8. The molecule has 24 heavy (non-hydrogen) atoms. The molecule has 0 unspecified atom stereocenters. The van der Waals surface area contributed by atoms with Gasteiger partial charge in [-0.2, -0.15) is 0 Å². The molecule has 1 aromatic carbocycles. The number of benzene rings is 1. The van der Waals surface area contributed by atoms with Crippen LogP contribution >= 0.6 is 22.9 Å². The number of carbonyl (C=O) groups is 1. The molecule has 2 aromatic rings. The molecule has 1 amide bonds. The van der Waals surface area contributed by atoms with Crippen molar-refractivity contribution in [2.45, 2.75) is 6.04 Å². The van der Waals surface area contributed by atoms with E-state index in [1.54, 1.807) is 11.3 Å². The molecule has 0 saturated carbocycles. The van der Waals surface area contributed by atoms with Crippen molar-refractivity contribution in [3.05, 3.63) is 57.0 Å². The van der Waals surface area contributed by atoms with Crippen LogP contribution in [0.5, 0.6) is 0 Å². The Morgan fingerprint density at radius 2 is 2.17 bits per heavy atom. The zero-order chi connectivity index (χ0) is 16.9. The van der Waals surface area contributed by atoms with Crippen molar-refractivity contribution in [1.82, 2.24) is 10.2 Å². The van der Waals surface area contributed by atoms with E-state index in [0.717, 1.165) is 13.1 Å². The second-order valence-electron chi connectivity index (χ2n) is 5.51. The van der Waals surface area contributed by atoms with E-state index in [1.165, 1.54) is 23.1 Å². The Balaban J connectivity index is 1.71. The lowest BCUT2D eigenvalue weighted by Crippen LogP contribution is -2.43. The van der Waals surface area contributed by atoms with Gasteiger partial charge < -0.3 is 10.1 Å². The van der Waals surface area contributed by atoms with Crippen LogP contribution in [0, 0.1) is 5.82 Å².